The van der Waals surface area contributed by atoms with Gasteiger partial charge in [0.15, 0.2) is 0 Å². The molecule has 128 valence electrons. The number of piperidine rings is 1. The average molecular weight is 328 g/mol. The van der Waals surface area contributed by atoms with E-state index in [1.165, 1.54) is 17.0 Å². The second kappa shape index (κ2) is 7.59. The second-order valence-corrected chi connectivity index (χ2v) is 6.04. The maximum absolute atomic E-state index is 13.0. The molecule has 0 spiro atoms. The van der Waals surface area contributed by atoms with Crippen LogP contribution in [-0.4, -0.2) is 54.3 Å². The van der Waals surface area contributed by atoms with Crippen LogP contribution in [0.25, 0.3) is 0 Å². The molecule has 1 aromatic rings. The normalized spacial score (nSPS) is 16.2. The molecule has 1 saturated heterocycles. The van der Waals surface area contributed by atoms with Crippen LogP contribution in [0, 0.1) is 0 Å². The molecule has 1 aliphatic heterocycles. The van der Waals surface area contributed by atoms with Crippen LogP contribution >= 0.6 is 0 Å². The second-order valence-electron chi connectivity index (χ2n) is 6.04. The first-order valence-electron chi connectivity index (χ1n) is 7.56. The quantitative estimate of drug-likeness (QED) is 0.902. The minimum absolute atomic E-state index is 0.0534. The number of hydrogen-bond donors (Lipinski definition) is 1. The zero-order valence-electron chi connectivity index (χ0n) is 13.3. The molecule has 0 aromatic heterocycles. The summed E-state index contributed by atoms with van der Waals surface area (Å²) in [5.74, 6) is 0.424. The van der Waals surface area contributed by atoms with Crippen molar-refractivity contribution < 1.29 is 23.4 Å². The van der Waals surface area contributed by atoms with Crippen molar-refractivity contribution in [3.05, 3.63) is 29.3 Å². The number of alkyl halides is 2. The lowest BCUT2D eigenvalue weighted by Crippen LogP contribution is -2.41. The van der Waals surface area contributed by atoms with Gasteiger partial charge in [-0.25, -0.2) is 13.6 Å². The Balaban J connectivity index is 2.07. The van der Waals surface area contributed by atoms with E-state index in [2.05, 4.69) is 0 Å². The van der Waals surface area contributed by atoms with Crippen LogP contribution in [0.15, 0.2) is 18.2 Å². The third kappa shape index (κ3) is 5.06. The van der Waals surface area contributed by atoms with Gasteiger partial charge in [-0.15, -0.1) is 0 Å². The fourth-order valence-electron chi connectivity index (χ4n) is 2.69. The van der Waals surface area contributed by atoms with Crippen LogP contribution in [0.5, 0.6) is 5.75 Å². The number of benzene rings is 1. The van der Waals surface area contributed by atoms with Crippen LogP contribution in [0.2, 0.25) is 0 Å². The van der Waals surface area contributed by atoms with E-state index in [9.17, 15) is 13.6 Å². The summed E-state index contributed by atoms with van der Waals surface area (Å²) < 4.78 is 31.9. The molecule has 0 saturated carbocycles. The van der Waals surface area contributed by atoms with Crippen LogP contribution in [0.4, 0.5) is 13.6 Å². The SMILES string of the molecule is CN(C)Cc1cc(OC2CCN(C(=O)O)CC2)cc(C(F)F)c1. The lowest BCUT2D eigenvalue weighted by molar-refractivity contribution is 0.0888. The highest BCUT2D eigenvalue weighted by Crippen LogP contribution is 2.28. The van der Waals surface area contributed by atoms with Gasteiger partial charge in [0, 0.05) is 38.0 Å². The lowest BCUT2D eigenvalue weighted by atomic mass is 10.1. The topological polar surface area (TPSA) is 53.0 Å². The molecule has 0 atom stereocenters. The number of likely N-dealkylation sites (tertiary alicyclic amines) is 1. The standard InChI is InChI=1S/C16H22F2N2O3/c1-19(2)10-11-7-12(15(17)18)9-14(8-11)23-13-3-5-20(6-4-13)16(21)22/h7-9,13,15H,3-6,10H2,1-2H3,(H,21,22). The Labute approximate surface area is 134 Å². The van der Waals surface area contributed by atoms with Gasteiger partial charge in [0.25, 0.3) is 6.43 Å². The highest BCUT2D eigenvalue weighted by molar-refractivity contribution is 5.65. The number of halogens is 2. The van der Waals surface area contributed by atoms with Gasteiger partial charge < -0.3 is 19.6 Å². The van der Waals surface area contributed by atoms with E-state index >= 15 is 0 Å². The maximum Gasteiger partial charge on any atom is 0.407 e. The molecule has 1 N–H and O–H groups in total. The third-order valence-electron chi connectivity index (χ3n) is 3.75. The van der Waals surface area contributed by atoms with Crippen molar-refractivity contribution >= 4 is 6.09 Å². The van der Waals surface area contributed by atoms with Crippen LogP contribution in [0.3, 0.4) is 0 Å². The zero-order chi connectivity index (χ0) is 17.0. The summed E-state index contributed by atoms with van der Waals surface area (Å²) in [6.07, 6.45) is -2.50. The molecule has 1 heterocycles. The van der Waals surface area contributed by atoms with Gasteiger partial charge in [-0.05, 0) is 37.9 Å². The molecule has 23 heavy (non-hydrogen) atoms. The molecular weight excluding hydrogens is 306 g/mol. The Morgan fingerprint density at radius 1 is 1.35 bits per heavy atom. The number of hydrogen-bond acceptors (Lipinski definition) is 3. The Bertz CT molecular complexity index is 544. The average Bonchev–Trinajstić information content (AvgIpc) is 2.46. The number of carbonyl (C=O) groups is 1. The number of rotatable bonds is 5. The number of carboxylic acid groups (broad SMARTS) is 1. The van der Waals surface area contributed by atoms with E-state index in [0.29, 0.717) is 38.2 Å². The van der Waals surface area contributed by atoms with Crippen molar-refractivity contribution in [3.63, 3.8) is 0 Å². The van der Waals surface area contributed by atoms with Crippen LogP contribution in [-0.2, 0) is 6.54 Å². The van der Waals surface area contributed by atoms with Crippen molar-refractivity contribution in [2.24, 2.45) is 0 Å². The molecule has 1 aromatic carbocycles. The van der Waals surface area contributed by atoms with Crippen LogP contribution in [0.1, 0.15) is 30.4 Å². The zero-order valence-corrected chi connectivity index (χ0v) is 13.3. The van der Waals surface area contributed by atoms with E-state index in [4.69, 9.17) is 9.84 Å². The summed E-state index contributed by atoms with van der Waals surface area (Å²) in [7, 11) is 3.74. The first-order valence-corrected chi connectivity index (χ1v) is 7.56. The molecule has 0 unspecified atom stereocenters. The summed E-state index contributed by atoms with van der Waals surface area (Å²) in [5, 5.41) is 8.93. The van der Waals surface area contributed by atoms with Crippen molar-refractivity contribution in [2.45, 2.75) is 31.9 Å². The highest BCUT2D eigenvalue weighted by atomic mass is 19.3. The van der Waals surface area contributed by atoms with Crippen molar-refractivity contribution in [1.29, 1.82) is 0 Å². The van der Waals surface area contributed by atoms with Gasteiger partial charge in [0.05, 0.1) is 0 Å². The van der Waals surface area contributed by atoms with E-state index < -0.39 is 12.5 Å². The molecular formula is C16H22F2N2O3. The molecule has 0 bridgehead atoms. The number of nitrogens with zero attached hydrogens (tertiary/aromatic N) is 2. The minimum atomic E-state index is -2.55. The van der Waals surface area contributed by atoms with Gasteiger partial charge in [0.1, 0.15) is 11.9 Å². The van der Waals surface area contributed by atoms with E-state index in [0.717, 1.165) is 5.56 Å². The Morgan fingerprint density at radius 3 is 2.52 bits per heavy atom. The summed E-state index contributed by atoms with van der Waals surface area (Å²) in [6.45, 7) is 1.35. The molecule has 1 aliphatic rings. The highest BCUT2D eigenvalue weighted by Gasteiger charge is 2.24. The monoisotopic (exact) mass is 328 g/mol. The number of ether oxygens (including phenoxy) is 1. The van der Waals surface area contributed by atoms with E-state index in [1.54, 1.807) is 6.07 Å². The molecule has 0 aliphatic carbocycles. The van der Waals surface area contributed by atoms with E-state index in [1.807, 2.05) is 19.0 Å². The molecule has 5 nitrogen and oxygen atoms in total. The summed E-state index contributed by atoms with van der Waals surface area (Å²) in [6, 6.07) is 4.63. The molecule has 1 amide bonds. The van der Waals surface area contributed by atoms with E-state index in [-0.39, 0.29) is 11.7 Å². The lowest BCUT2D eigenvalue weighted by Gasteiger charge is -2.30. The van der Waals surface area contributed by atoms with Gasteiger partial charge in [-0.1, -0.05) is 0 Å². The van der Waals surface area contributed by atoms with Gasteiger partial charge in [0.2, 0.25) is 0 Å². The molecule has 0 radical (unpaired) electrons. The Morgan fingerprint density at radius 2 is 2.00 bits per heavy atom. The van der Waals surface area contributed by atoms with Crippen molar-refractivity contribution in [3.8, 4) is 5.75 Å². The number of amides is 1. The molecule has 2 rings (SSSR count). The predicted octanol–water partition coefficient (Wildman–Crippen LogP) is 3.21. The largest absolute Gasteiger partial charge is 0.490 e. The van der Waals surface area contributed by atoms with Gasteiger partial charge in [-0.3, -0.25) is 0 Å². The fraction of sp³-hybridized carbons (Fsp3) is 0.562. The minimum Gasteiger partial charge on any atom is -0.490 e. The third-order valence-corrected chi connectivity index (χ3v) is 3.75. The van der Waals surface area contributed by atoms with Gasteiger partial charge in [-0.2, -0.15) is 0 Å². The summed E-state index contributed by atoms with van der Waals surface area (Å²) in [4.78, 5) is 14.1. The summed E-state index contributed by atoms with van der Waals surface area (Å²) >= 11 is 0. The summed E-state index contributed by atoms with van der Waals surface area (Å²) in [5.41, 5.74) is 0.716. The molecule has 7 heteroatoms. The Hall–Kier alpha value is -1.89. The Kier molecular flexibility index (Phi) is 5.76. The van der Waals surface area contributed by atoms with Crippen LogP contribution < -0.4 is 4.74 Å². The fourth-order valence-corrected chi connectivity index (χ4v) is 2.69. The predicted molar refractivity (Wildman–Crippen MR) is 82.0 cm³/mol. The van der Waals surface area contributed by atoms with Crippen molar-refractivity contribution in [2.75, 3.05) is 27.2 Å². The smallest absolute Gasteiger partial charge is 0.407 e. The first-order chi connectivity index (χ1) is 10.8. The van der Waals surface area contributed by atoms with Gasteiger partial charge >= 0.3 is 6.09 Å². The van der Waals surface area contributed by atoms with Crippen molar-refractivity contribution in [1.82, 2.24) is 9.80 Å². The maximum atomic E-state index is 13.0. The molecule has 1 fully saturated rings. The first kappa shape index (κ1) is 17.5.